The number of nitrogens with one attached hydrogen (secondary N) is 2. The molecule has 0 fully saturated rings. The molecule has 1 amide bonds. The third kappa shape index (κ3) is 6.19. The summed E-state index contributed by atoms with van der Waals surface area (Å²) in [6.07, 6.45) is 1.21. The Bertz CT molecular complexity index is 483. The number of nitrogen functional groups attached to an aromatic ring is 1. The van der Waals surface area contributed by atoms with Crippen molar-refractivity contribution in [3.8, 4) is 0 Å². The molecule has 7 nitrogen and oxygen atoms in total. The van der Waals surface area contributed by atoms with Gasteiger partial charge in [0.1, 0.15) is 0 Å². The Balaban J connectivity index is 2.22. The Morgan fingerprint density at radius 3 is 2.76 bits per heavy atom. The lowest BCUT2D eigenvalue weighted by atomic mass is 10.3. The molecular weight excluding hydrogens is 264 g/mol. The van der Waals surface area contributed by atoms with E-state index in [1.807, 2.05) is 0 Å². The van der Waals surface area contributed by atoms with Gasteiger partial charge in [0.15, 0.2) is 5.13 Å². The zero-order valence-electron chi connectivity index (χ0n) is 9.26. The monoisotopic (exact) mass is 278 g/mol. The van der Waals surface area contributed by atoms with Crippen molar-refractivity contribution in [2.24, 2.45) is 0 Å². The van der Waals surface area contributed by atoms with Crippen molar-refractivity contribution in [2.45, 2.75) is 6.42 Å². The van der Waals surface area contributed by atoms with Crippen LogP contribution >= 0.6 is 11.3 Å². The van der Waals surface area contributed by atoms with Gasteiger partial charge in [-0.1, -0.05) is 0 Å². The molecule has 0 atom stereocenters. The lowest BCUT2D eigenvalue weighted by molar-refractivity contribution is -0.120. The molecule has 17 heavy (non-hydrogen) atoms. The highest BCUT2D eigenvalue weighted by Gasteiger charge is 2.06. The summed E-state index contributed by atoms with van der Waals surface area (Å²) in [7, 11) is -3.21. The molecule has 1 rings (SSSR count). The predicted molar refractivity (Wildman–Crippen MR) is 66.1 cm³/mol. The van der Waals surface area contributed by atoms with E-state index in [1.54, 1.807) is 5.38 Å². The fourth-order valence-corrected chi connectivity index (χ4v) is 2.10. The van der Waals surface area contributed by atoms with Gasteiger partial charge in [-0.15, -0.1) is 11.3 Å². The summed E-state index contributed by atoms with van der Waals surface area (Å²) in [5, 5.41) is 4.71. The summed E-state index contributed by atoms with van der Waals surface area (Å²) >= 11 is 1.27. The van der Waals surface area contributed by atoms with Crippen LogP contribution in [0.25, 0.3) is 0 Å². The molecule has 0 aliphatic heterocycles. The summed E-state index contributed by atoms with van der Waals surface area (Å²) in [6.45, 7) is 0.412. The predicted octanol–water partition coefficient (Wildman–Crippen LogP) is -1.07. The van der Waals surface area contributed by atoms with Gasteiger partial charge >= 0.3 is 0 Å². The fourth-order valence-electron chi connectivity index (χ4n) is 1.07. The first-order chi connectivity index (χ1) is 7.87. The summed E-state index contributed by atoms with van der Waals surface area (Å²) in [5.74, 6) is -0.217. The maximum atomic E-state index is 11.4. The number of carbonyl (C=O) groups excluding carboxylic acids is 1. The highest BCUT2D eigenvalue weighted by molar-refractivity contribution is 7.88. The molecule has 4 N–H and O–H groups in total. The molecule has 1 aromatic rings. The SMILES string of the molecule is CS(=O)(=O)NCCNC(=O)Cc1csc(N)n1. The smallest absolute Gasteiger partial charge is 0.226 e. The summed E-state index contributed by atoms with van der Waals surface area (Å²) in [4.78, 5) is 15.3. The van der Waals surface area contributed by atoms with Gasteiger partial charge in [-0.25, -0.2) is 18.1 Å². The maximum Gasteiger partial charge on any atom is 0.226 e. The van der Waals surface area contributed by atoms with Crippen molar-refractivity contribution in [3.05, 3.63) is 11.1 Å². The second-order valence-electron chi connectivity index (χ2n) is 3.37. The molecule has 0 aromatic carbocycles. The number of rotatable bonds is 6. The first-order valence-corrected chi connectivity index (χ1v) is 7.55. The molecular formula is C8H14N4O3S2. The van der Waals surface area contributed by atoms with E-state index in [1.165, 1.54) is 11.3 Å². The van der Waals surface area contributed by atoms with Crippen LogP contribution in [0.4, 0.5) is 5.13 Å². The molecule has 0 radical (unpaired) electrons. The molecule has 96 valence electrons. The third-order valence-electron chi connectivity index (χ3n) is 1.72. The summed E-state index contributed by atoms with van der Waals surface area (Å²) in [6, 6.07) is 0. The maximum absolute atomic E-state index is 11.4. The van der Waals surface area contributed by atoms with Gasteiger partial charge in [-0.05, 0) is 0 Å². The minimum atomic E-state index is -3.21. The topological polar surface area (TPSA) is 114 Å². The molecule has 0 saturated carbocycles. The number of carbonyl (C=O) groups is 1. The second-order valence-corrected chi connectivity index (χ2v) is 6.09. The van der Waals surface area contributed by atoms with E-state index in [9.17, 15) is 13.2 Å². The average Bonchev–Trinajstić information content (AvgIpc) is 2.57. The van der Waals surface area contributed by atoms with Crippen molar-refractivity contribution in [3.63, 3.8) is 0 Å². The van der Waals surface area contributed by atoms with Gasteiger partial charge in [-0.3, -0.25) is 4.79 Å². The van der Waals surface area contributed by atoms with E-state index in [-0.39, 0.29) is 25.4 Å². The van der Waals surface area contributed by atoms with Crippen LogP contribution in [0.15, 0.2) is 5.38 Å². The summed E-state index contributed by atoms with van der Waals surface area (Å²) < 4.78 is 23.7. The fraction of sp³-hybridized carbons (Fsp3) is 0.500. The average molecular weight is 278 g/mol. The van der Waals surface area contributed by atoms with E-state index in [4.69, 9.17) is 5.73 Å². The number of sulfonamides is 1. The highest BCUT2D eigenvalue weighted by atomic mass is 32.2. The molecule has 1 heterocycles. The minimum Gasteiger partial charge on any atom is -0.375 e. The number of amides is 1. The quantitative estimate of drug-likeness (QED) is 0.573. The molecule has 0 unspecified atom stereocenters. The van der Waals surface area contributed by atoms with Crippen molar-refractivity contribution in [1.29, 1.82) is 0 Å². The first-order valence-electron chi connectivity index (χ1n) is 4.78. The number of nitrogens with zero attached hydrogens (tertiary/aromatic N) is 1. The highest BCUT2D eigenvalue weighted by Crippen LogP contribution is 2.10. The van der Waals surface area contributed by atoms with Crippen LogP contribution in [0.2, 0.25) is 0 Å². The summed E-state index contributed by atoms with van der Waals surface area (Å²) in [5.41, 5.74) is 6.03. The van der Waals surface area contributed by atoms with E-state index >= 15 is 0 Å². The molecule has 0 aliphatic rings. The first kappa shape index (κ1) is 13.9. The van der Waals surface area contributed by atoms with E-state index in [2.05, 4.69) is 15.0 Å². The number of hydrogen-bond donors (Lipinski definition) is 3. The van der Waals surface area contributed by atoms with Crippen LogP contribution in [-0.4, -0.2) is 38.7 Å². The number of nitrogens with two attached hydrogens (primary N) is 1. The second kappa shape index (κ2) is 5.94. The van der Waals surface area contributed by atoms with Gasteiger partial charge < -0.3 is 11.1 Å². The van der Waals surface area contributed by atoms with Crippen molar-refractivity contribution >= 4 is 32.4 Å². The molecule has 0 spiro atoms. The Morgan fingerprint density at radius 2 is 2.24 bits per heavy atom. The van der Waals surface area contributed by atoms with Crippen LogP contribution in [0.5, 0.6) is 0 Å². The normalized spacial score (nSPS) is 11.4. The number of thiazole rings is 1. The zero-order chi connectivity index (χ0) is 12.9. The van der Waals surface area contributed by atoms with E-state index in [0.29, 0.717) is 10.8 Å². The standard InChI is InChI=1S/C8H14N4O3S2/c1-17(14,15)11-3-2-10-7(13)4-6-5-16-8(9)12-6/h5,11H,2-4H2,1H3,(H2,9,12)(H,10,13). The van der Waals surface area contributed by atoms with Gasteiger partial charge in [0.05, 0.1) is 18.4 Å². The van der Waals surface area contributed by atoms with Gasteiger partial charge in [0.2, 0.25) is 15.9 Å². The number of aromatic nitrogens is 1. The molecule has 0 saturated heterocycles. The Labute approximate surface area is 103 Å². The lowest BCUT2D eigenvalue weighted by Crippen LogP contribution is -2.34. The zero-order valence-corrected chi connectivity index (χ0v) is 10.9. The van der Waals surface area contributed by atoms with Crippen molar-refractivity contribution < 1.29 is 13.2 Å². The Kier molecular flexibility index (Phi) is 4.85. The largest absolute Gasteiger partial charge is 0.375 e. The molecule has 9 heteroatoms. The van der Waals surface area contributed by atoms with Crippen LogP contribution in [0.3, 0.4) is 0 Å². The van der Waals surface area contributed by atoms with E-state index < -0.39 is 10.0 Å². The van der Waals surface area contributed by atoms with Crippen LogP contribution in [-0.2, 0) is 21.2 Å². The van der Waals surface area contributed by atoms with Crippen molar-refractivity contribution in [2.75, 3.05) is 25.1 Å². The number of anilines is 1. The Morgan fingerprint density at radius 1 is 1.53 bits per heavy atom. The lowest BCUT2D eigenvalue weighted by Gasteiger charge is -2.04. The van der Waals surface area contributed by atoms with Gasteiger partial charge in [0.25, 0.3) is 0 Å². The molecule has 0 aliphatic carbocycles. The van der Waals surface area contributed by atoms with Gasteiger partial charge in [0, 0.05) is 18.5 Å². The van der Waals surface area contributed by atoms with Crippen LogP contribution in [0, 0.1) is 0 Å². The van der Waals surface area contributed by atoms with Crippen molar-refractivity contribution in [1.82, 2.24) is 15.0 Å². The van der Waals surface area contributed by atoms with Gasteiger partial charge in [-0.2, -0.15) is 0 Å². The molecule has 1 aromatic heterocycles. The van der Waals surface area contributed by atoms with Crippen LogP contribution < -0.4 is 15.8 Å². The Hall–Kier alpha value is -1.19. The number of hydrogen-bond acceptors (Lipinski definition) is 6. The van der Waals surface area contributed by atoms with Crippen LogP contribution in [0.1, 0.15) is 5.69 Å². The minimum absolute atomic E-state index is 0.145. The molecule has 0 bridgehead atoms. The van der Waals surface area contributed by atoms with E-state index in [0.717, 1.165) is 6.26 Å². The third-order valence-corrected chi connectivity index (χ3v) is 3.17.